The minimum absolute atomic E-state index is 0.00334. The number of rotatable bonds is 6. The first kappa shape index (κ1) is 15.7. The van der Waals surface area contributed by atoms with Gasteiger partial charge in [-0.15, -0.1) is 0 Å². The van der Waals surface area contributed by atoms with Gasteiger partial charge in [0.25, 0.3) is 0 Å². The fourth-order valence-corrected chi connectivity index (χ4v) is 2.27. The number of hydrogen-bond acceptors (Lipinski definition) is 8. The van der Waals surface area contributed by atoms with Crippen LogP contribution in [-0.4, -0.2) is 72.6 Å². The van der Waals surface area contributed by atoms with E-state index in [0.717, 1.165) is 13.1 Å². The van der Waals surface area contributed by atoms with Gasteiger partial charge in [-0.25, -0.2) is 0 Å². The Morgan fingerprint density at radius 3 is 2.71 bits per heavy atom. The molecule has 1 aromatic heterocycles. The molecular formula is C13H24N6O2. The van der Waals surface area contributed by atoms with E-state index in [9.17, 15) is 5.11 Å². The number of morpholine rings is 1. The number of nitrogens with zero attached hydrogens (tertiary/aromatic N) is 5. The third-order valence-electron chi connectivity index (χ3n) is 3.51. The van der Waals surface area contributed by atoms with Crippen LogP contribution in [0, 0.1) is 0 Å². The SMILES string of the molecule is CCN(CC)c1nc(NC)nc(N2CCOC(CO)C2)n1. The molecule has 8 nitrogen and oxygen atoms in total. The van der Waals surface area contributed by atoms with Crippen LogP contribution in [0.3, 0.4) is 0 Å². The first-order valence-corrected chi connectivity index (χ1v) is 7.38. The van der Waals surface area contributed by atoms with Crippen LogP contribution < -0.4 is 15.1 Å². The molecule has 1 saturated heterocycles. The maximum Gasteiger partial charge on any atom is 0.232 e. The molecule has 0 spiro atoms. The van der Waals surface area contributed by atoms with E-state index in [1.54, 1.807) is 7.05 Å². The zero-order valence-electron chi connectivity index (χ0n) is 12.9. The van der Waals surface area contributed by atoms with Crippen LogP contribution in [0.15, 0.2) is 0 Å². The van der Waals surface area contributed by atoms with Crippen molar-refractivity contribution in [1.82, 2.24) is 15.0 Å². The molecule has 0 saturated carbocycles. The molecule has 8 heteroatoms. The summed E-state index contributed by atoms with van der Waals surface area (Å²) in [5, 5.41) is 12.2. The summed E-state index contributed by atoms with van der Waals surface area (Å²) >= 11 is 0. The first-order valence-electron chi connectivity index (χ1n) is 7.38. The van der Waals surface area contributed by atoms with Crippen molar-refractivity contribution < 1.29 is 9.84 Å². The number of aliphatic hydroxyl groups excluding tert-OH is 1. The second-order valence-electron chi connectivity index (χ2n) is 4.80. The lowest BCUT2D eigenvalue weighted by atomic mass is 10.3. The van der Waals surface area contributed by atoms with Gasteiger partial charge in [-0.05, 0) is 13.8 Å². The summed E-state index contributed by atoms with van der Waals surface area (Å²) in [5.41, 5.74) is 0. The molecular weight excluding hydrogens is 272 g/mol. The Labute approximate surface area is 125 Å². The molecule has 0 amide bonds. The minimum Gasteiger partial charge on any atom is -0.394 e. The van der Waals surface area contributed by atoms with Crippen LogP contribution >= 0.6 is 0 Å². The van der Waals surface area contributed by atoms with Crippen molar-refractivity contribution >= 4 is 17.8 Å². The smallest absolute Gasteiger partial charge is 0.232 e. The van der Waals surface area contributed by atoms with Gasteiger partial charge in [-0.1, -0.05) is 0 Å². The normalized spacial score (nSPS) is 18.7. The summed E-state index contributed by atoms with van der Waals surface area (Å²) in [6.07, 6.45) is -0.189. The molecule has 2 rings (SSSR count). The molecule has 1 fully saturated rings. The molecule has 2 N–H and O–H groups in total. The molecule has 1 aliphatic rings. The van der Waals surface area contributed by atoms with Crippen molar-refractivity contribution in [3.63, 3.8) is 0 Å². The van der Waals surface area contributed by atoms with Crippen LogP contribution in [0.5, 0.6) is 0 Å². The highest BCUT2D eigenvalue weighted by Crippen LogP contribution is 2.18. The van der Waals surface area contributed by atoms with E-state index in [-0.39, 0.29) is 12.7 Å². The van der Waals surface area contributed by atoms with E-state index < -0.39 is 0 Å². The fraction of sp³-hybridized carbons (Fsp3) is 0.769. The van der Waals surface area contributed by atoms with Crippen molar-refractivity contribution in [2.45, 2.75) is 20.0 Å². The Morgan fingerprint density at radius 2 is 2.10 bits per heavy atom. The monoisotopic (exact) mass is 296 g/mol. The minimum atomic E-state index is -0.189. The second-order valence-corrected chi connectivity index (χ2v) is 4.80. The lowest BCUT2D eigenvalue weighted by molar-refractivity contribution is 0.00314. The van der Waals surface area contributed by atoms with Crippen LogP contribution in [0.4, 0.5) is 17.8 Å². The van der Waals surface area contributed by atoms with Gasteiger partial charge >= 0.3 is 0 Å². The Morgan fingerprint density at radius 1 is 1.33 bits per heavy atom. The van der Waals surface area contributed by atoms with E-state index in [1.165, 1.54) is 0 Å². The number of aliphatic hydroxyl groups is 1. The molecule has 1 aliphatic heterocycles. The highest BCUT2D eigenvalue weighted by atomic mass is 16.5. The Kier molecular flexibility index (Phi) is 5.51. The summed E-state index contributed by atoms with van der Waals surface area (Å²) in [7, 11) is 1.79. The van der Waals surface area contributed by atoms with Crippen molar-refractivity contribution in [3.05, 3.63) is 0 Å². The largest absolute Gasteiger partial charge is 0.394 e. The molecule has 118 valence electrons. The molecule has 21 heavy (non-hydrogen) atoms. The molecule has 2 heterocycles. The number of hydrogen-bond donors (Lipinski definition) is 2. The summed E-state index contributed by atoms with van der Waals surface area (Å²) in [4.78, 5) is 17.5. The van der Waals surface area contributed by atoms with Crippen molar-refractivity contribution in [1.29, 1.82) is 0 Å². The number of ether oxygens (including phenoxy) is 1. The first-order chi connectivity index (χ1) is 10.2. The Bertz CT molecular complexity index is 454. The summed E-state index contributed by atoms with van der Waals surface area (Å²) in [5.74, 6) is 1.84. The highest BCUT2D eigenvalue weighted by Gasteiger charge is 2.23. The quantitative estimate of drug-likeness (QED) is 0.756. The molecule has 1 atom stereocenters. The second kappa shape index (κ2) is 7.37. The average molecular weight is 296 g/mol. The topological polar surface area (TPSA) is 86.6 Å². The third kappa shape index (κ3) is 3.70. The van der Waals surface area contributed by atoms with Crippen molar-refractivity contribution in [2.75, 3.05) is 61.6 Å². The van der Waals surface area contributed by atoms with E-state index in [2.05, 4.69) is 39.0 Å². The zero-order valence-corrected chi connectivity index (χ0v) is 12.9. The van der Waals surface area contributed by atoms with E-state index in [1.807, 2.05) is 4.90 Å². The molecule has 0 aliphatic carbocycles. The summed E-state index contributed by atoms with van der Waals surface area (Å²) in [6.45, 7) is 7.68. The van der Waals surface area contributed by atoms with Gasteiger partial charge in [0.15, 0.2) is 0 Å². The average Bonchev–Trinajstić information content (AvgIpc) is 2.55. The fourth-order valence-electron chi connectivity index (χ4n) is 2.27. The predicted octanol–water partition coefficient (Wildman–Crippen LogP) is -0.0430. The van der Waals surface area contributed by atoms with Crippen molar-refractivity contribution in [2.24, 2.45) is 0 Å². The van der Waals surface area contributed by atoms with E-state index in [4.69, 9.17) is 4.74 Å². The number of nitrogens with one attached hydrogen (secondary N) is 1. The van der Waals surface area contributed by atoms with Crippen LogP contribution in [-0.2, 0) is 4.74 Å². The standard InChI is InChI=1S/C13H24N6O2/c1-4-18(5-2)12-15-11(14-3)16-13(17-12)19-6-7-21-10(8-19)9-20/h10,20H,4-9H2,1-3H3,(H,14,15,16,17). The lowest BCUT2D eigenvalue weighted by Crippen LogP contribution is -2.45. The number of anilines is 3. The van der Waals surface area contributed by atoms with Crippen LogP contribution in [0.2, 0.25) is 0 Å². The Hall–Kier alpha value is -1.67. The maximum absolute atomic E-state index is 9.25. The van der Waals surface area contributed by atoms with Gasteiger partial charge < -0.3 is 25.0 Å². The van der Waals surface area contributed by atoms with Crippen molar-refractivity contribution in [3.8, 4) is 0 Å². The van der Waals surface area contributed by atoms with E-state index >= 15 is 0 Å². The predicted molar refractivity (Wildman–Crippen MR) is 82.0 cm³/mol. The molecule has 0 aromatic carbocycles. The molecule has 1 unspecified atom stereocenters. The van der Waals surface area contributed by atoms with Crippen LogP contribution in [0.25, 0.3) is 0 Å². The summed E-state index contributed by atoms with van der Waals surface area (Å²) in [6, 6.07) is 0. The third-order valence-corrected chi connectivity index (χ3v) is 3.51. The molecule has 1 aromatic rings. The summed E-state index contributed by atoms with van der Waals surface area (Å²) < 4.78 is 5.47. The van der Waals surface area contributed by atoms with Gasteiger partial charge in [0, 0.05) is 33.2 Å². The number of aromatic nitrogens is 3. The lowest BCUT2D eigenvalue weighted by Gasteiger charge is -2.32. The maximum atomic E-state index is 9.25. The van der Waals surface area contributed by atoms with E-state index in [0.29, 0.717) is 37.5 Å². The molecule has 0 bridgehead atoms. The van der Waals surface area contributed by atoms with Gasteiger partial charge in [0.05, 0.1) is 19.3 Å². The van der Waals surface area contributed by atoms with Gasteiger partial charge in [0.2, 0.25) is 17.8 Å². The zero-order chi connectivity index (χ0) is 15.2. The van der Waals surface area contributed by atoms with Gasteiger partial charge in [-0.2, -0.15) is 15.0 Å². The van der Waals surface area contributed by atoms with Gasteiger partial charge in [0.1, 0.15) is 0 Å². The molecule has 0 radical (unpaired) electrons. The highest BCUT2D eigenvalue weighted by molar-refractivity contribution is 5.45. The Balaban J connectivity index is 2.27. The van der Waals surface area contributed by atoms with Gasteiger partial charge in [-0.3, -0.25) is 0 Å². The van der Waals surface area contributed by atoms with Crippen LogP contribution in [0.1, 0.15) is 13.8 Å².